The second-order valence-electron chi connectivity index (χ2n) is 2.72. The minimum absolute atomic E-state index is 0.113. The summed E-state index contributed by atoms with van der Waals surface area (Å²) in [7, 11) is 0. The van der Waals surface area contributed by atoms with Gasteiger partial charge in [0.2, 0.25) is 0 Å². The van der Waals surface area contributed by atoms with Gasteiger partial charge in [-0.1, -0.05) is 0 Å². The Morgan fingerprint density at radius 2 is 2.42 bits per heavy atom. The first-order valence-corrected chi connectivity index (χ1v) is 4.63. The Hall–Kier alpha value is -0.870. The molecule has 1 unspecified atom stereocenters. The van der Waals surface area contributed by atoms with Gasteiger partial charge in [-0.15, -0.1) is 11.8 Å². The van der Waals surface area contributed by atoms with E-state index in [0.29, 0.717) is 0 Å². The third kappa shape index (κ3) is 1.35. The summed E-state index contributed by atoms with van der Waals surface area (Å²) in [4.78, 5) is 1.10. The monoisotopic (exact) mass is 182 g/mol. The summed E-state index contributed by atoms with van der Waals surface area (Å²) < 4.78 is 0. The molecule has 0 fully saturated rings. The van der Waals surface area contributed by atoms with Gasteiger partial charge in [0.25, 0.3) is 0 Å². The number of anilines is 1. The number of hydrogen-bond donors (Lipinski definition) is 3. The van der Waals surface area contributed by atoms with E-state index in [4.69, 9.17) is 5.73 Å². The Balaban J connectivity index is 2.37. The van der Waals surface area contributed by atoms with Crippen molar-refractivity contribution in [3.8, 4) is 5.75 Å². The number of aromatic hydroxyl groups is 1. The van der Waals surface area contributed by atoms with Crippen molar-refractivity contribution >= 4 is 17.4 Å². The smallest absolute Gasteiger partial charge is 0.117 e. The molecule has 2 rings (SSSR count). The maximum absolute atomic E-state index is 9.17. The summed E-state index contributed by atoms with van der Waals surface area (Å²) in [5.74, 6) is 0.289. The molecule has 0 saturated heterocycles. The lowest BCUT2D eigenvalue weighted by Gasteiger charge is -2.22. The Labute approximate surface area is 75.0 Å². The van der Waals surface area contributed by atoms with Crippen LogP contribution in [-0.4, -0.2) is 17.0 Å². The summed E-state index contributed by atoms with van der Waals surface area (Å²) in [6.45, 7) is 0.751. The summed E-state index contributed by atoms with van der Waals surface area (Å²) in [6, 6.07) is 5.26. The number of rotatable bonds is 0. The van der Waals surface area contributed by atoms with Gasteiger partial charge in [-0.25, -0.2) is 0 Å². The topological polar surface area (TPSA) is 58.3 Å². The summed E-state index contributed by atoms with van der Waals surface area (Å²) in [5.41, 5.74) is 6.70. The fourth-order valence-electron chi connectivity index (χ4n) is 1.17. The van der Waals surface area contributed by atoms with Crippen LogP contribution in [0.1, 0.15) is 0 Å². The largest absolute Gasteiger partial charge is 0.508 e. The van der Waals surface area contributed by atoms with Gasteiger partial charge in [0, 0.05) is 17.5 Å². The van der Waals surface area contributed by atoms with Gasteiger partial charge in [0.05, 0.1) is 11.1 Å². The van der Waals surface area contributed by atoms with Crippen LogP contribution in [0.3, 0.4) is 0 Å². The number of hydrogen-bond acceptors (Lipinski definition) is 4. The van der Waals surface area contributed by atoms with Gasteiger partial charge >= 0.3 is 0 Å². The van der Waals surface area contributed by atoms with Gasteiger partial charge in [-0.05, 0) is 12.1 Å². The second kappa shape index (κ2) is 2.88. The molecule has 1 heterocycles. The van der Waals surface area contributed by atoms with E-state index in [1.165, 1.54) is 0 Å². The van der Waals surface area contributed by atoms with Crippen LogP contribution in [0.15, 0.2) is 23.1 Å². The van der Waals surface area contributed by atoms with Crippen LogP contribution < -0.4 is 11.1 Å². The van der Waals surface area contributed by atoms with Crippen molar-refractivity contribution in [2.75, 3.05) is 11.9 Å². The van der Waals surface area contributed by atoms with E-state index in [-0.39, 0.29) is 11.1 Å². The molecule has 0 radical (unpaired) electrons. The van der Waals surface area contributed by atoms with Crippen LogP contribution in [0.2, 0.25) is 0 Å². The first-order chi connectivity index (χ1) is 5.75. The number of thioether (sulfide) groups is 1. The fraction of sp³-hybridized carbons (Fsp3) is 0.250. The van der Waals surface area contributed by atoms with Crippen molar-refractivity contribution in [3.63, 3.8) is 0 Å². The second-order valence-corrected chi connectivity index (χ2v) is 4.00. The van der Waals surface area contributed by atoms with Crippen LogP contribution in [0.25, 0.3) is 0 Å². The quantitative estimate of drug-likeness (QED) is 0.564. The minimum Gasteiger partial charge on any atom is -0.508 e. The van der Waals surface area contributed by atoms with E-state index in [9.17, 15) is 5.11 Å². The molecule has 0 spiro atoms. The lowest BCUT2D eigenvalue weighted by atomic mass is 10.3. The predicted octanol–water partition coefficient (Wildman–Crippen LogP) is 1.19. The molecule has 0 aliphatic carbocycles. The maximum Gasteiger partial charge on any atom is 0.117 e. The fourth-order valence-corrected chi connectivity index (χ4v) is 2.07. The Morgan fingerprint density at radius 1 is 1.58 bits per heavy atom. The highest BCUT2D eigenvalue weighted by Gasteiger charge is 2.14. The van der Waals surface area contributed by atoms with Crippen molar-refractivity contribution in [2.24, 2.45) is 5.73 Å². The third-order valence-corrected chi connectivity index (χ3v) is 2.81. The zero-order valence-electron chi connectivity index (χ0n) is 6.45. The molecule has 0 amide bonds. The molecular weight excluding hydrogens is 172 g/mol. The molecule has 1 aromatic carbocycles. The van der Waals surface area contributed by atoms with Crippen LogP contribution in [0, 0.1) is 0 Å². The molecule has 4 N–H and O–H groups in total. The lowest BCUT2D eigenvalue weighted by Crippen LogP contribution is -2.28. The molecule has 1 aliphatic rings. The van der Waals surface area contributed by atoms with Gasteiger partial charge < -0.3 is 16.2 Å². The van der Waals surface area contributed by atoms with Gasteiger partial charge in [0.1, 0.15) is 5.75 Å². The molecule has 0 bridgehead atoms. The molecular formula is C8H10N2OS. The summed E-state index contributed by atoms with van der Waals surface area (Å²) in [5, 5.41) is 12.4. The lowest BCUT2D eigenvalue weighted by molar-refractivity contribution is 0.475. The third-order valence-electron chi connectivity index (χ3n) is 1.74. The highest BCUT2D eigenvalue weighted by Crippen LogP contribution is 2.34. The molecule has 1 atom stereocenters. The van der Waals surface area contributed by atoms with Gasteiger partial charge in [-0.2, -0.15) is 0 Å². The molecule has 0 aromatic heterocycles. The minimum atomic E-state index is 0.113. The number of nitrogens with two attached hydrogens (primary N) is 1. The van der Waals surface area contributed by atoms with Crippen LogP contribution in [-0.2, 0) is 0 Å². The number of phenols is 1. The van der Waals surface area contributed by atoms with E-state index < -0.39 is 0 Å². The van der Waals surface area contributed by atoms with Crippen LogP contribution in [0.4, 0.5) is 5.69 Å². The van der Waals surface area contributed by atoms with Gasteiger partial charge in [-0.3, -0.25) is 0 Å². The molecule has 12 heavy (non-hydrogen) atoms. The zero-order chi connectivity index (χ0) is 8.55. The van der Waals surface area contributed by atoms with Crippen molar-refractivity contribution in [1.29, 1.82) is 0 Å². The molecule has 64 valence electrons. The van der Waals surface area contributed by atoms with Crippen LogP contribution >= 0.6 is 11.8 Å². The molecule has 1 aromatic rings. The molecule has 3 nitrogen and oxygen atoms in total. The standard InChI is InChI=1S/C8H10N2OS/c9-8-4-10-6-3-5(11)1-2-7(6)12-8/h1-3,8,10-11H,4,9H2. The normalized spacial score (nSPS) is 21.2. The predicted molar refractivity (Wildman–Crippen MR) is 50.4 cm³/mol. The number of fused-ring (bicyclic) bond motifs is 1. The Morgan fingerprint density at radius 3 is 3.25 bits per heavy atom. The Bertz CT molecular complexity index is 303. The highest BCUT2D eigenvalue weighted by atomic mass is 32.2. The average Bonchev–Trinajstić information content (AvgIpc) is 2.05. The first-order valence-electron chi connectivity index (χ1n) is 3.75. The molecule has 0 saturated carbocycles. The SMILES string of the molecule is NC1CNc2cc(O)ccc2S1. The van der Waals surface area contributed by atoms with Crippen molar-refractivity contribution in [2.45, 2.75) is 10.3 Å². The first kappa shape index (κ1) is 7.76. The van der Waals surface area contributed by atoms with E-state index in [1.807, 2.05) is 6.07 Å². The van der Waals surface area contributed by atoms with E-state index >= 15 is 0 Å². The molecule has 4 heteroatoms. The number of phenolic OH excluding ortho intramolecular Hbond substituents is 1. The maximum atomic E-state index is 9.17. The summed E-state index contributed by atoms with van der Waals surface area (Å²) in [6.07, 6.45) is 0. The van der Waals surface area contributed by atoms with Crippen molar-refractivity contribution < 1.29 is 5.11 Å². The average molecular weight is 182 g/mol. The van der Waals surface area contributed by atoms with E-state index in [2.05, 4.69) is 5.32 Å². The van der Waals surface area contributed by atoms with Gasteiger partial charge in [0.15, 0.2) is 0 Å². The Kier molecular flexibility index (Phi) is 1.86. The van der Waals surface area contributed by atoms with E-state index in [0.717, 1.165) is 17.1 Å². The van der Waals surface area contributed by atoms with Crippen molar-refractivity contribution in [3.05, 3.63) is 18.2 Å². The van der Waals surface area contributed by atoms with Crippen molar-refractivity contribution in [1.82, 2.24) is 0 Å². The number of benzene rings is 1. The zero-order valence-corrected chi connectivity index (χ0v) is 7.27. The van der Waals surface area contributed by atoms with E-state index in [1.54, 1.807) is 23.9 Å². The summed E-state index contributed by atoms with van der Waals surface area (Å²) >= 11 is 1.62. The molecule has 1 aliphatic heterocycles. The highest BCUT2D eigenvalue weighted by molar-refractivity contribution is 8.00. The number of nitrogens with one attached hydrogen (secondary N) is 1. The van der Waals surface area contributed by atoms with Crippen LogP contribution in [0.5, 0.6) is 5.75 Å².